The first-order chi connectivity index (χ1) is 9.03. The maximum absolute atomic E-state index is 12.5. The maximum Gasteiger partial charge on any atom is 0.228 e. The first-order valence-electron chi connectivity index (χ1n) is 5.81. The van der Waals surface area contributed by atoms with Crippen molar-refractivity contribution in [3.8, 4) is 0 Å². The summed E-state index contributed by atoms with van der Waals surface area (Å²) >= 11 is 0. The Labute approximate surface area is 111 Å². The van der Waals surface area contributed by atoms with Crippen molar-refractivity contribution in [2.24, 2.45) is 0 Å². The molecule has 19 heavy (non-hydrogen) atoms. The molecule has 0 heterocycles. The standard InChI is InChI=1S/C15H13O3P/c1-19(18,14(16)12-8-4-2-5-9-12)15(17)13-10-6-3-7-11-13/h2-11H,1H3. The molecule has 3 nitrogen and oxygen atoms in total. The topological polar surface area (TPSA) is 51.2 Å². The van der Waals surface area contributed by atoms with Gasteiger partial charge in [0.25, 0.3) is 0 Å². The highest BCUT2D eigenvalue weighted by Crippen LogP contribution is 2.47. The van der Waals surface area contributed by atoms with Crippen LogP contribution in [0.25, 0.3) is 0 Å². The van der Waals surface area contributed by atoms with Crippen molar-refractivity contribution < 1.29 is 14.2 Å². The Bertz CT molecular complexity index is 592. The Hall–Kier alpha value is -1.99. The predicted molar refractivity (Wildman–Crippen MR) is 75.1 cm³/mol. The summed E-state index contributed by atoms with van der Waals surface area (Å²) in [7, 11) is -3.60. The highest BCUT2D eigenvalue weighted by Gasteiger charge is 2.35. The fourth-order valence-electron chi connectivity index (χ4n) is 1.75. The van der Waals surface area contributed by atoms with E-state index in [2.05, 4.69) is 0 Å². The zero-order chi connectivity index (χ0) is 13.9. The largest absolute Gasteiger partial charge is 0.307 e. The Morgan fingerprint density at radius 1 is 0.737 bits per heavy atom. The van der Waals surface area contributed by atoms with Crippen LogP contribution in [0.2, 0.25) is 0 Å². The Morgan fingerprint density at radius 2 is 1.05 bits per heavy atom. The molecule has 0 saturated carbocycles. The Kier molecular flexibility index (Phi) is 3.77. The zero-order valence-electron chi connectivity index (χ0n) is 10.4. The van der Waals surface area contributed by atoms with E-state index in [1.165, 1.54) is 6.66 Å². The Morgan fingerprint density at radius 3 is 1.37 bits per heavy atom. The van der Waals surface area contributed by atoms with Crippen LogP contribution >= 0.6 is 7.14 Å². The minimum atomic E-state index is -3.60. The van der Waals surface area contributed by atoms with Gasteiger partial charge in [0.05, 0.1) is 0 Å². The zero-order valence-corrected chi connectivity index (χ0v) is 11.3. The van der Waals surface area contributed by atoms with E-state index in [0.29, 0.717) is 11.1 Å². The van der Waals surface area contributed by atoms with E-state index in [9.17, 15) is 14.2 Å². The van der Waals surface area contributed by atoms with Gasteiger partial charge in [0, 0.05) is 17.8 Å². The number of hydrogen-bond acceptors (Lipinski definition) is 3. The van der Waals surface area contributed by atoms with Gasteiger partial charge in [-0.05, 0) is 0 Å². The second-order valence-electron chi connectivity index (χ2n) is 4.27. The molecule has 0 saturated heterocycles. The summed E-state index contributed by atoms with van der Waals surface area (Å²) < 4.78 is 12.5. The molecule has 0 aromatic heterocycles. The lowest BCUT2D eigenvalue weighted by molar-refractivity contribution is 0.103. The van der Waals surface area contributed by atoms with Crippen LogP contribution in [-0.2, 0) is 4.57 Å². The summed E-state index contributed by atoms with van der Waals surface area (Å²) in [5.74, 6) is 0. The number of hydrogen-bond donors (Lipinski definition) is 0. The molecular formula is C15H13O3P. The molecule has 0 atom stereocenters. The molecular weight excluding hydrogens is 259 g/mol. The van der Waals surface area contributed by atoms with Gasteiger partial charge < -0.3 is 4.57 Å². The fraction of sp³-hybridized carbons (Fsp3) is 0.0667. The average molecular weight is 272 g/mol. The van der Waals surface area contributed by atoms with Crippen LogP contribution in [0, 0.1) is 0 Å². The monoisotopic (exact) mass is 272 g/mol. The third-order valence-electron chi connectivity index (χ3n) is 2.82. The molecule has 0 aliphatic rings. The van der Waals surface area contributed by atoms with Crippen molar-refractivity contribution in [3.63, 3.8) is 0 Å². The van der Waals surface area contributed by atoms with Crippen LogP contribution in [0.3, 0.4) is 0 Å². The molecule has 2 aromatic carbocycles. The van der Waals surface area contributed by atoms with Crippen molar-refractivity contribution in [2.45, 2.75) is 0 Å². The molecule has 0 fully saturated rings. The SMILES string of the molecule is CP(=O)(C(=O)c1ccccc1)C(=O)c1ccccc1. The van der Waals surface area contributed by atoms with E-state index in [-0.39, 0.29) is 0 Å². The minimum Gasteiger partial charge on any atom is -0.307 e. The molecule has 96 valence electrons. The maximum atomic E-state index is 12.5. The van der Waals surface area contributed by atoms with Crippen molar-refractivity contribution in [1.82, 2.24) is 0 Å². The van der Waals surface area contributed by atoms with Gasteiger partial charge >= 0.3 is 0 Å². The van der Waals surface area contributed by atoms with Crippen molar-refractivity contribution in [3.05, 3.63) is 71.8 Å². The van der Waals surface area contributed by atoms with Crippen molar-refractivity contribution in [1.29, 1.82) is 0 Å². The third kappa shape index (κ3) is 2.72. The van der Waals surface area contributed by atoms with Crippen LogP contribution in [-0.4, -0.2) is 17.7 Å². The van der Waals surface area contributed by atoms with Gasteiger partial charge in [-0.1, -0.05) is 60.7 Å². The van der Waals surface area contributed by atoms with Gasteiger partial charge in [0.1, 0.15) is 0 Å². The van der Waals surface area contributed by atoms with Crippen LogP contribution < -0.4 is 0 Å². The third-order valence-corrected chi connectivity index (χ3v) is 4.88. The lowest BCUT2D eigenvalue weighted by Crippen LogP contribution is -2.09. The van der Waals surface area contributed by atoms with Crippen LogP contribution in [0.5, 0.6) is 0 Å². The molecule has 0 spiro atoms. The van der Waals surface area contributed by atoms with E-state index in [1.807, 2.05) is 0 Å². The molecule has 0 aliphatic carbocycles. The first kappa shape index (κ1) is 13.4. The van der Waals surface area contributed by atoms with Gasteiger partial charge in [-0.15, -0.1) is 0 Å². The first-order valence-corrected chi connectivity index (χ1v) is 7.96. The van der Waals surface area contributed by atoms with E-state index in [4.69, 9.17) is 0 Å². The summed E-state index contributed by atoms with van der Waals surface area (Å²) in [6.07, 6.45) is 0. The number of rotatable bonds is 4. The van der Waals surface area contributed by atoms with E-state index >= 15 is 0 Å². The number of carbonyl (C=O) groups is 2. The van der Waals surface area contributed by atoms with Gasteiger partial charge in [0.2, 0.25) is 18.2 Å². The van der Waals surface area contributed by atoms with Gasteiger partial charge in [-0.3, -0.25) is 9.59 Å². The van der Waals surface area contributed by atoms with Gasteiger partial charge in [0.15, 0.2) is 0 Å². The summed E-state index contributed by atoms with van der Waals surface area (Å²) in [4.78, 5) is 24.4. The Balaban J connectivity index is 2.36. The predicted octanol–water partition coefficient (Wildman–Crippen LogP) is 3.66. The second kappa shape index (κ2) is 5.33. The van der Waals surface area contributed by atoms with Gasteiger partial charge in [-0.25, -0.2) is 0 Å². The lowest BCUT2D eigenvalue weighted by atomic mass is 10.2. The molecule has 0 radical (unpaired) electrons. The molecule has 0 aliphatic heterocycles. The lowest BCUT2D eigenvalue weighted by Gasteiger charge is -2.10. The quantitative estimate of drug-likeness (QED) is 0.798. The molecule has 2 rings (SSSR count). The second-order valence-corrected chi connectivity index (χ2v) is 6.93. The summed E-state index contributed by atoms with van der Waals surface area (Å²) in [5.41, 5.74) is -0.584. The van der Waals surface area contributed by atoms with Crippen LogP contribution in [0.4, 0.5) is 0 Å². The average Bonchev–Trinajstić information content (AvgIpc) is 2.47. The van der Waals surface area contributed by atoms with Crippen molar-refractivity contribution in [2.75, 3.05) is 6.66 Å². The van der Waals surface area contributed by atoms with Crippen LogP contribution in [0.15, 0.2) is 60.7 Å². The number of carbonyl (C=O) groups excluding carboxylic acids is 2. The van der Waals surface area contributed by atoms with E-state index in [0.717, 1.165) is 0 Å². The molecule has 2 aromatic rings. The highest BCUT2D eigenvalue weighted by molar-refractivity contribution is 7.94. The summed E-state index contributed by atoms with van der Waals surface area (Å²) in [6, 6.07) is 16.5. The normalized spacial score (nSPS) is 11.0. The molecule has 4 heteroatoms. The summed E-state index contributed by atoms with van der Waals surface area (Å²) in [6.45, 7) is 1.23. The number of benzene rings is 2. The van der Waals surface area contributed by atoms with E-state index < -0.39 is 18.2 Å². The molecule has 0 amide bonds. The minimum absolute atomic E-state index is 0.303. The molecule has 0 bridgehead atoms. The van der Waals surface area contributed by atoms with Crippen LogP contribution in [0.1, 0.15) is 20.7 Å². The van der Waals surface area contributed by atoms with E-state index in [1.54, 1.807) is 60.7 Å². The summed E-state index contributed by atoms with van der Waals surface area (Å²) in [5, 5.41) is 0. The molecule has 0 N–H and O–H groups in total. The van der Waals surface area contributed by atoms with Gasteiger partial charge in [-0.2, -0.15) is 0 Å². The van der Waals surface area contributed by atoms with Crippen molar-refractivity contribution >= 4 is 18.2 Å². The smallest absolute Gasteiger partial charge is 0.228 e. The molecule has 0 unspecified atom stereocenters. The fourth-order valence-corrected chi connectivity index (χ4v) is 3.21. The highest BCUT2D eigenvalue weighted by atomic mass is 31.2.